The summed E-state index contributed by atoms with van der Waals surface area (Å²) in [7, 11) is 1.74. The molecule has 22 heavy (non-hydrogen) atoms. The van der Waals surface area contributed by atoms with Crippen molar-refractivity contribution < 1.29 is 14.3 Å². The lowest BCUT2D eigenvalue weighted by Gasteiger charge is -2.52. The molecular formula is C15H22N4O3. The molecule has 2 aliphatic rings. The molecule has 0 saturated carbocycles. The molecule has 0 aliphatic carbocycles. The average Bonchev–Trinajstić information content (AvgIpc) is 2.93. The van der Waals surface area contributed by atoms with E-state index in [1.165, 1.54) is 0 Å². The molecule has 0 N–H and O–H groups in total. The number of aryl methyl sites for hydroxylation is 1. The molecule has 0 atom stereocenters. The van der Waals surface area contributed by atoms with Crippen molar-refractivity contribution in [1.82, 2.24) is 19.6 Å². The van der Waals surface area contributed by atoms with Gasteiger partial charge in [-0.3, -0.25) is 14.3 Å². The number of amides is 2. The van der Waals surface area contributed by atoms with Gasteiger partial charge in [0.25, 0.3) is 5.91 Å². The Morgan fingerprint density at radius 1 is 1.41 bits per heavy atom. The van der Waals surface area contributed by atoms with Crippen LogP contribution in [-0.4, -0.2) is 69.8 Å². The predicted molar refractivity (Wildman–Crippen MR) is 79.3 cm³/mol. The van der Waals surface area contributed by atoms with E-state index in [1.54, 1.807) is 28.9 Å². The predicted octanol–water partition coefficient (Wildman–Crippen LogP) is 0.274. The third kappa shape index (κ3) is 2.39. The number of hydrogen-bond donors (Lipinski definition) is 0. The van der Waals surface area contributed by atoms with Crippen LogP contribution in [0, 0.1) is 0 Å². The molecular weight excluding hydrogens is 284 g/mol. The van der Waals surface area contributed by atoms with Gasteiger partial charge in [-0.25, -0.2) is 0 Å². The van der Waals surface area contributed by atoms with E-state index >= 15 is 0 Å². The summed E-state index contributed by atoms with van der Waals surface area (Å²) in [5.74, 6) is -0.110. The van der Waals surface area contributed by atoms with Gasteiger partial charge in [-0.1, -0.05) is 0 Å². The summed E-state index contributed by atoms with van der Waals surface area (Å²) in [6, 6.07) is 1.69. The number of carbonyl (C=O) groups is 2. The van der Waals surface area contributed by atoms with Crippen LogP contribution in [0.4, 0.5) is 0 Å². The molecule has 0 unspecified atom stereocenters. The van der Waals surface area contributed by atoms with E-state index in [9.17, 15) is 9.59 Å². The van der Waals surface area contributed by atoms with Crippen molar-refractivity contribution >= 4 is 11.8 Å². The Kier molecular flexibility index (Phi) is 3.90. The highest BCUT2D eigenvalue weighted by Crippen LogP contribution is 2.32. The van der Waals surface area contributed by atoms with Gasteiger partial charge in [0.05, 0.1) is 5.54 Å². The van der Waals surface area contributed by atoms with Gasteiger partial charge in [-0.05, 0) is 25.8 Å². The molecule has 1 spiro atoms. The Balaban J connectivity index is 1.87. The SMILES string of the molecule is CCN1C(=O)CN(C(=O)c2ccnn2C)CC12CCOCC2. The first-order valence-corrected chi connectivity index (χ1v) is 7.73. The van der Waals surface area contributed by atoms with E-state index in [0.29, 0.717) is 32.0 Å². The zero-order chi connectivity index (χ0) is 15.7. The summed E-state index contributed by atoms with van der Waals surface area (Å²) in [5, 5.41) is 4.04. The lowest BCUT2D eigenvalue weighted by Crippen LogP contribution is -2.67. The maximum Gasteiger partial charge on any atom is 0.272 e. The number of aromatic nitrogens is 2. The maximum atomic E-state index is 12.7. The van der Waals surface area contributed by atoms with Crippen molar-refractivity contribution in [1.29, 1.82) is 0 Å². The largest absolute Gasteiger partial charge is 0.381 e. The number of likely N-dealkylation sites (N-methyl/N-ethyl adjacent to an activating group) is 1. The van der Waals surface area contributed by atoms with Gasteiger partial charge in [0.2, 0.25) is 5.91 Å². The van der Waals surface area contributed by atoms with Crippen LogP contribution in [0.15, 0.2) is 12.3 Å². The van der Waals surface area contributed by atoms with Crippen LogP contribution in [0.3, 0.4) is 0 Å². The Bertz CT molecular complexity index is 577. The van der Waals surface area contributed by atoms with Crippen molar-refractivity contribution in [2.45, 2.75) is 25.3 Å². The molecule has 0 aromatic carbocycles. The Labute approximate surface area is 129 Å². The Morgan fingerprint density at radius 2 is 2.14 bits per heavy atom. The fourth-order valence-corrected chi connectivity index (χ4v) is 3.59. The van der Waals surface area contributed by atoms with E-state index in [1.807, 2.05) is 11.8 Å². The molecule has 0 bridgehead atoms. The number of ether oxygens (including phenoxy) is 1. The van der Waals surface area contributed by atoms with Crippen LogP contribution >= 0.6 is 0 Å². The normalized spacial score (nSPS) is 21.5. The van der Waals surface area contributed by atoms with Crippen molar-refractivity contribution in [3.8, 4) is 0 Å². The highest BCUT2D eigenvalue weighted by molar-refractivity contribution is 5.96. The second-order valence-corrected chi connectivity index (χ2v) is 5.98. The van der Waals surface area contributed by atoms with Gasteiger partial charge >= 0.3 is 0 Å². The lowest BCUT2D eigenvalue weighted by molar-refractivity contribution is -0.150. The van der Waals surface area contributed by atoms with Gasteiger partial charge in [0.1, 0.15) is 12.2 Å². The number of hydrogen-bond acceptors (Lipinski definition) is 4. The molecule has 0 radical (unpaired) electrons. The number of nitrogens with zero attached hydrogens (tertiary/aromatic N) is 4. The van der Waals surface area contributed by atoms with E-state index in [2.05, 4.69) is 5.10 Å². The fourth-order valence-electron chi connectivity index (χ4n) is 3.59. The molecule has 1 aromatic heterocycles. The van der Waals surface area contributed by atoms with Gasteiger partial charge in [-0.2, -0.15) is 5.10 Å². The standard InChI is InChI=1S/C15H22N4O3/c1-3-19-13(20)10-18(11-15(19)5-8-22-9-6-15)14(21)12-4-7-16-17(12)2/h4,7H,3,5-6,8-11H2,1-2H3. The summed E-state index contributed by atoms with van der Waals surface area (Å²) in [6.07, 6.45) is 3.16. The second kappa shape index (κ2) is 5.72. The molecule has 7 nitrogen and oxygen atoms in total. The van der Waals surface area contributed by atoms with Crippen LogP contribution < -0.4 is 0 Å². The molecule has 2 fully saturated rings. The summed E-state index contributed by atoms with van der Waals surface area (Å²) < 4.78 is 7.01. The zero-order valence-corrected chi connectivity index (χ0v) is 13.1. The van der Waals surface area contributed by atoms with Crippen molar-refractivity contribution in [2.24, 2.45) is 7.05 Å². The molecule has 2 amide bonds. The molecule has 1 aromatic rings. The van der Waals surface area contributed by atoms with Gasteiger partial charge < -0.3 is 14.5 Å². The van der Waals surface area contributed by atoms with Crippen LogP contribution in [0.5, 0.6) is 0 Å². The molecule has 2 aliphatic heterocycles. The third-order valence-electron chi connectivity index (χ3n) is 4.75. The second-order valence-electron chi connectivity index (χ2n) is 5.98. The topological polar surface area (TPSA) is 67.7 Å². The number of piperazine rings is 1. The van der Waals surface area contributed by atoms with Crippen LogP contribution in [-0.2, 0) is 16.6 Å². The zero-order valence-electron chi connectivity index (χ0n) is 13.1. The minimum atomic E-state index is -0.281. The minimum Gasteiger partial charge on any atom is -0.381 e. The third-order valence-corrected chi connectivity index (χ3v) is 4.75. The monoisotopic (exact) mass is 306 g/mol. The van der Waals surface area contributed by atoms with Crippen LogP contribution in [0.1, 0.15) is 30.3 Å². The highest BCUT2D eigenvalue weighted by atomic mass is 16.5. The van der Waals surface area contributed by atoms with Crippen LogP contribution in [0.25, 0.3) is 0 Å². The maximum absolute atomic E-state index is 12.7. The molecule has 7 heteroatoms. The van der Waals surface area contributed by atoms with E-state index in [0.717, 1.165) is 12.8 Å². The summed E-state index contributed by atoms with van der Waals surface area (Å²) in [5.41, 5.74) is 0.233. The van der Waals surface area contributed by atoms with E-state index in [-0.39, 0.29) is 23.9 Å². The van der Waals surface area contributed by atoms with Gasteiger partial charge in [0, 0.05) is 39.5 Å². The number of rotatable bonds is 2. The highest BCUT2D eigenvalue weighted by Gasteiger charge is 2.47. The molecule has 120 valence electrons. The van der Waals surface area contributed by atoms with Crippen molar-refractivity contribution in [3.05, 3.63) is 18.0 Å². The van der Waals surface area contributed by atoms with Gasteiger partial charge in [0.15, 0.2) is 0 Å². The summed E-state index contributed by atoms with van der Waals surface area (Å²) >= 11 is 0. The summed E-state index contributed by atoms with van der Waals surface area (Å²) in [4.78, 5) is 28.8. The van der Waals surface area contributed by atoms with Gasteiger partial charge in [-0.15, -0.1) is 0 Å². The van der Waals surface area contributed by atoms with Crippen molar-refractivity contribution in [3.63, 3.8) is 0 Å². The van der Waals surface area contributed by atoms with E-state index in [4.69, 9.17) is 4.74 Å². The number of carbonyl (C=O) groups excluding carboxylic acids is 2. The van der Waals surface area contributed by atoms with Crippen LogP contribution in [0.2, 0.25) is 0 Å². The molecule has 2 saturated heterocycles. The quantitative estimate of drug-likeness (QED) is 0.787. The van der Waals surface area contributed by atoms with E-state index < -0.39 is 0 Å². The first-order chi connectivity index (χ1) is 10.6. The average molecular weight is 306 g/mol. The Hall–Kier alpha value is -1.89. The summed E-state index contributed by atoms with van der Waals surface area (Å²) in [6.45, 7) is 4.65. The fraction of sp³-hybridized carbons (Fsp3) is 0.667. The van der Waals surface area contributed by atoms with Crippen molar-refractivity contribution in [2.75, 3.05) is 32.8 Å². The first kappa shape index (κ1) is 15.0. The first-order valence-electron chi connectivity index (χ1n) is 7.73. The smallest absolute Gasteiger partial charge is 0.272 e. The lowest BCUT2D eigenvalue weighted by atomic mass is 9.85. The minimum absolute atomic E-state index is 0.0196. The Morgan fingerprint density at radius 3 is 2.73 bits per heavy atom. The molecule has 3 rings (SSSR count). The molecule has 3 heterocycles.